The molecule has 0 heterocycles. The SMILES string of the molecule is CC(=O)[O-].C[C@H](C[PH+](c1ccccc1)c1ccccc1)[PH+](c1ccccc1)c1ccccc1.C[C@H](C[PH+](c1ccccc1)c1ccccc1)[PH+](c1ccccc1)c1ccccc1.F[P-](F)(F)(F)(F)F.[Ru+2]. The van der Waals surface area contributed by atoms with Crippen molar-refractivity contribution in [2.45, 2.75) is 32.1 Å². The monoisotopic (exact) mass is 1130 g/mol. The molecule has 70 heavy (non-hydrogen) atoms. The predicted octanol–water partition coefficient (Wildman–Crippen LogP) is 12.3. The molecule has 0 radical (unpaired) electrons. The van der Waals surface area contributed by atoms with Gasteiger partial charge in [0.15, 0.2) is 0 Å². The molecule has 8 rings (SSSR count). The van der Waals surface area contributed by atoms with Gasteiger partial charge < -0.3 is 9.90 Å². The summed E-state index contributed by atoms with van der Waals surface area (Å²) in [7, 11) is -14.0. The molecular weight excluding hydrogens is 1070 g/mol. The van der Waals surface area contributed by atoms with Crippen molar-refractivity contribution in [3.63, 3.8) is 0 Å². The molecule has 0 aliphatic heterocycles. The molecule has 0 saturated heterocycles. The molecule has 0 bridgehead atoms. The number of hydrogen-bond acceptors (Lipinski definition) is 2. The van der Waals surface area contributed by atoms with E-state index in [4.69, 9.17) is 9.90 Å². The molecule has 0 fully saturated rings. The first kappa shape index (κ1) is 58.2. The molecule has 0 aliphatic rings. The molecule has 2 nitrogen and oxygen atoms in total. The first-order valence-corrected chi connectivity index (χ1v) is 31.1. The van der Waals surface area contributed by atoms with Crippen LogP contribution < -0.4 is 47.5 Å². The summed E-state index contributed by atoms with van der Waals surface area (Å²) in [6.07, 6.45) is 2.49. The van der Waals surface area contributed by atoms with E-state index >= 15 is 0 Å². The Morgan fingerprint density at radius 2 is 0.500 bits per heavy atom. The van der Waals surface area contributed by atoms with Gasteiger partial charge in [-0.25, -0.2) is 0 Å². The summed E-state index contributed by atoms with van der Waals surface area (Å²) in [5.41, 5.74) is 1.28. The maximum Gasteiger partial charge on any atom is 2.00 e. The average Bonchev–Trinajstić information content (AvgIpc) is 3.34. The van der Waals surface area contributed by atoms with Gasteiger partial charge in [-0.1, -0.05) is 146 Å². The number of aliphatic carboxylic acids is 1. The number of carboxylic acid groups (broad SMARTS) is 1. The van der Waals surface area contributed by atoms with Crippen LogP contribution in [-0.4, -0.2) is 29.6 Å². The fourth-order valence-corrected chi connectivity index (χ4v) is 21.3. The standard InChI is InChI=1S/2C27H26P2.C2H4O2.F6P.Ru/c2*1-23(29(26-18-10-4-11-19-26)27-20-12-5-13-21-27)22-28(24-14-6-2-7-15-24)25-16-8-3-9-17-25;1-2(3)4;1-7(2,3,4,5)6;/h2*2-21,23H,22H2,1H3;1H3,(H,3,4);;/q;;;-1;+2/p+3/t2*23-;;;/m11.../s1. The second-order valence-corrected chi connectivity index (χ2v) is 29.3. The number of benzene rings is 8. The zero-order chi connectivity index (χ0) is 49.8. The van der Waals surface area contributed by atoms with E-state index in [0.717, 1.165) is 6.92 Å². The number of carbonyl (C=O) groups is 1. The van der Waals surface area contributed by atoms with Gasteiger partial charge in [0.1, 0.15) is 23.6 Å². The van der Waals surface area contributed by atoms with Crippen LogP contribution in [0, 0.1) is 0 Å². The van der Waals surface area contributed by atoms with Crippen molar-refractivity contribution in [1.82, 2.24) is 0 Å². The molecule has 0 saturated carbocycles. The van der Waals surface area contributed by atoms with Crippen LogP contribution in [-0.2, 0) is 24.3 Å². The van der Waals surface area contributed by atoms with E-state index in [9.17, 15) is 25.2 Å². The smallest absolute Gasteiger partial charge is 2.00 e. The third-order valence-electron chi connectivity index (χ3n) is 10.8. The molecule has 0 spiro atoms. The van der Waals surface area contributed by atoms with Crippen LogP contribution in [0.15, 0.2) is 243 Å². The van der Waals surface area contributed by atoms with Crippen LogP contribution in [0.25, 0.3) is 0 Å². The van der Waals surface area contributed by atoms with Gasteiger partial charge in [-0.3, -0.25) is 0 Å². The van der Waals surface area contributed by atoms with Crippen LogP contribution >= 0.6 is 39.5 Å². The van der Waals surface area contributed by atoms with Crippen LogP contribution in [0.1, 0.15) is 20.8 Å². The molecule has 0 aromatic heterocycles. The topological polar surface area (TPSA) is 40.1 Å². The molecule has 2 atom stereocenters. The van der Waals surface area contributed by atoms with Gasteiger partial charge in [-0.2, -0.15) is 0 Å². The summed E-state index contributed by atoms with van der Waals surface area (Å²) in [6.45, 7) is 5.93. The predicted molar refractivity (Wildman–Crippen MR) is 295 cm³/mol. The Morgan fingerprint density at radius 3 is 0.643 bits per heavy atom. The van der Waals surface area contributed by atoms with E-state index in [1.807, 2.05) is 0 Å². The van der Waals surface area contributed by atoms with Gasteiger partial charge in [-0.05, 0) is 118 Å². The first-order chi connectivity index (χ1) is 32.8. The normalized spacial score (nSPS) is 12.8. The molecule has 14 heteroatoms. The fraction of sp³-hybridized carbons (Fsp3) is 0.125. The third-order valence-corrected chi connectivity index (χ3v) is 24.0. The van der Waals surface area contributed by atoms with Crippen LogP contribution in [0.5, 0.6) is 0 Å². The Bertz CT molecular complexity index is 2350. The van der Waals surface area contributed by atoms with Gasteiger partial charge in [0.2, 0.25) is 0 Å². The van der Waals surface area contributed by atoms with Crippen molar-refractivity contribution in [2.75, 3.05) is 12.3 Å². The van der Waals surface area contributed by atoms with Gasteiger partial charge in [-0.15, -0.1) is 0 Å². The zero-order valence-electron chi connectivity index (χ0n) is 39.0. The number of rotatable bonds is 14. The van der Waals surface area contributed by atoms with Crippen molar-refractivity contribution in [1.29, 1.82) is 0 Å². The molecule has 8 aromatic rings. The van der Waals surface area contributed by atoms with Gasteiger partial charge >= 0.3 is 52.5 Å². The summed E-state index contributed by atoms with van der Waals surface area (Å²) >= 11 is 0. The quantitative estimate of drug-likeness (QED) is 0.0618. The zero-order valence-corrected chi connectivity index (χ0v) is 45.7. The van der Waals surface area contributed by atoms with Crippen molar-refractivity contribution in [2.24, 2.45) is 0 Å². The molecule has 8 aromatic carbocycles. The van der Waals surface area contributed by atoms with E-state index in [-0.39, 0.29) is 19.5 Å². The Morgan fingerprint density at radius 1 is 0.371 bits per heavy atom. The third kappa shape index (κ3) is 21.5. The van der Waals surface area contributed by atoms with Gasteiger partial charge in [0.25, 0.3) is 0 Å². The van der Waals surface area contributed by atoms with E-state index in [1.54, 1.807) is 0 Å². The summed E-state index contributed by atoms with van der Waals surface area (Å²) in [5, 5.41) is 21.0. The molecule has 366 valence electrons. The first-order valence-electron chi connectivity index (χ1n) is 22.5. The molecule has 0 unspecified atom stereocenters. The van der Waals surface area contributed by atoms with Crippen molar-refractivity contribution in [3.8, 4) is 0 Å². The van der Waals surface area contributed by atoms with Crippen LogP contribution in [0.2, 0.25) is 0 Å². The molecular formula is C56H59F6O2P5Ru+4. The van der Waals surface area contributed by atoms with Crippen molar-refractivity contribution in [3.05, 3.63) is 243 Å². The van der Waals surface area contributed by atoms with E-state index in [0.29, 0.717) is 11.3 Å². The largest absolute Gasteiger partial charge is 2.00 e. The summed E-state index contributed by atoms with van der Waals surface area (Å²) < 4.78 is 59.2. The van der Waals surface area contributed by atoms with E-state index < -0.39 is 45.5 Å². The average molecular weight is 1130 g/mol. The fourth-order valence-electron chi connectivity index (χ4n) is 8.12. The molecule has 0 aliphatic carbocycles. The Labute approximate surface area is 427 Å². The van der Waals surface area contributed by atoms with Crippen molar-refractivity contribution >= 4 is 87.9 Å². The van der Waals surface area contributed by atoms with E-state index in [2.05, 4.69) is 257 Å². The van der Waals surface area contributed by atoms with Gasteiger partial charge in [0, 0.05) is 5.97 Å². The number of halogens is 6. The minimum Gasteiger partial charge on any atom is 2.00 e. The van der Waals surface area contributed by atoms with Crippen molar-refractivity contribution < 1.29 is 54.6 Å². The summed E-state index contributed by atoms with van der Waals surface area (Å²) in [4.78, 5) is 8.89. The number of carbonyl (C=O) groups excluding carboxylic acids is 1. The summed E-state index contributed by atoms with van der Waals surface area (Å²) in [6, 6.07) is 89.3. The van der Waals surface area contributed by atoms with Gasteiger partial charge in [0.05, 0.1) is 74.1 Å². The maximum atomic E-state index is 9.87. The maximum absolute atomic E-state index is 10.7. The minimum atomic E-state index is -10.7. The summed E-state index contributed by atoms with van der Waals surface area (Å²) in [5.74, 6) is -1.08. The Hall–Kier alpha value is -4.42. The van der Waals surface area contributed by atoms with E-state index in [1.165, 1.54) is 54.8 Å². The molecule has 0 amide bonds. The van der Waals surface area contributed by atoms with Crippen LogP contribution in [0.4, 0.5) is 25.2 Å². The number of carboxylic acids is 1. The Kier molecular flexibility index (Phi) is 22.8. The second kappa shape index (κ2) is 27.4. The minimum absolute atomic E-state index is 0. The number of hydrogen-bond donors (Lipinski definition) is 0. The Balaban J connectivity index is 0.000000248. The van der Waals surface area contributed by atoms with Crippen LogP contribution in [0.3, 0.4) is 0 Å². The molecule has 0 N–H and O–H groups in total. The second-order valence-electron chi connectivity index (χ2n) is 16.4.